The zero-order valence-electron chi connectivity index (χ0n) is 10.2. The molecule has 1 atom stereocenters. The van der Waals surface area contributed by atoms with E-state index in [1.807, 2.05) is 18.2 Å². The summed E-state index contributed by atoms with van der Waals surface area (Å²) in [6, 6.07) is 5.77. The Labute approximate surface area is 103 Å². The van der Waals surface area contributed by atoms with Crippen LogP contribution in [-0.2, 0) is 6.42 Å². The lowest BCUT2D eigenvalue weighted by Crippen LogP contribution is -2.31. The summed E-state index contributed by atoms with van der Waals surface area (Å²) in [5.41, 5.74) is 6.78. The van der Waals surface area contributed by atoms with Gasteiger partial charge in [-0.3, -0.25) is 0 Å². The number of nitrogens with two attached hydrogens (primary N) is 1. The molecule has 0 aliphatic heterocycles. The van der Waals surface area contributed by atoms with Crippen molar-refractivity contribution in [1.29, 1.82) is 0 Å². The molecule has 0 fully saturated rings. The Kier molecular flexibility index (Phi) is 5.10. The molecule has 1 aromatic rings. The monoisotopic (exact) mass is 241 g/mol. The number of aryl methyl sites for hydroxylation is 1. The highest BCUT2D eigenvalue weighted by molar-refractivity contribution is 6.31. The van der Waals surface area contributed by atoms with Gasteiger partial charge in [0.25, 0.3) is 0 Å². The van der Waals surface area contributed by atoms with Gasteiger partial charge in [-0.1, -0.05) is 32.4 Å². The fraction of sp³-hybridized carbons (Fsp3) is 0.538. The van der Waals surface area contributed by atoms with Crippen molar-refractivity contribution in [3.05, 3.63) is 28.8 Å². The quantitative estimate of drug-likeness (QED) is 0.859. The molecule has 2 N–H and O–H groups in total. The second-order valence-corrected chi connectivity index (χ2v) is 4.65. The number of ether oxygens (including phenoxy) is 1. The first-order chi connectivity index (χ1) is 7.58. The zero-order chi connectivity index (χ0) is 12.1. The van der Waals surface area contributed by atoms with E-state index in [0.29, 0.717) is 12.5 Å². The summed E-state index contributed by atoms with van der Waals surface area (Å²) in [6.45, 7) is 6.82. The lowest BCUT2D eigenvalue weighted by Gasteiger charge is -2.21. The van der Waals surface area contributed by atoms with Gasteiger partial charge in [0.15, 0.2) is 0 Å². The number of rotatable bonds is 5. The highest BCUT2D eigenvalue weighted by atomic mass is 35.5. The van der Waals surface area contributed by atoms with Crippen LogP contribution in [0.15, 0.2) is 18.2 Å². The lowest BCUT2D eigenvalue weighted by atomic mass is 10.1. The first-order valence-corrected chi connectivity index (χ1v) is 6.11. The number of hydrogen-bond donors (Lipinski definition) is 1. The molecule has 16 heavy (non-hydrogen) atoms. The fourth-order valence-corrected chi connectivity index (χ4v) is 1.78. The average molecular weight is 242 g/mol. The van der Waals surface area contributed by atoms with Crippen molar-refractivity contribution in [2.45, 2.75) is 33.3 Å². The topological polar surface area (TPSA) is 35.2 Å². The first kappa shape index (κ1) is 13.3. The van der Waals surface area contributed by atoms with Crippen LogP contribution >= 0.6 is 11.6 Å². The molecular formula is C13H20ClNO. The molecule has 3 heteroatoms. The molecule has 0 saturated heterocycles. The van der Waals surface area contributed by atoms with Crippen LogP contribution in [0.3, 0.4) is 0 Å². The minimum Gasteiger partial charge on any atom is -0.489 e. The van der Waals surface area contributed by atoms with Crippen molar-refractivity contribution in [1.82, 2.24) is 0 Å². The summed E-state index contributed by atoms with van der Waals surface area (Å²) < 4.78 is 5.84. The second kappa shape index (κ2) is 6.12. The molecule has 0 spiro atoms. The van der Waals surface area contributed by atoms with Gasteiger partial charge in [0.1, 0.15) is 11.9 Å². The van der Waals surface area contributed by atoms with Gasteiger partial charge >= 0.3 is 0 Å². The Hall–Kier alpha value is -0.730. The van der Waals surface area contributed by atoms with Gasteiger partial charge in [-0.2, -0.15) is 0 Å². The smallest absolute Gasteiger partial charge is 0.120 e. The average Bonchev–Trinajstić information content (AvgIpc) is 2.27. The van der Waals surface area contributed by atoms with Gasteiger partial charge in [0, 0.05) is 11.6 Å². The van der Waals surface area contributed by atoms with Crippen LogP contribution in [0.1, 0.15) is 26.3 Å². The third-order valence-corrected chi connectivity index (χ3v) is 3.03. The van der Waals surface area contributed by atoms with Crippen LogP contribution in [0.5, 0.6) is 5.75 Å². The van der Waals surface area contributed by atoms with Crippen LogP contribution in [0.2, 0.25) is 5.02 Å². The summed E-state index contributed by atoms with van der Waals surface area (Å²) in [6.07, 6.45) is 0.969. The van der Waals surface area contributed by atoms with Crippen LogP contribution in [0.4, 0.5) is 0 Å². The summed E-state index contributed by atoms with van der Waals surface area (Å²) in [4.78, 5) is 0. The molecule has 90 valence electrons. The van der Waals surface area contributed by atoms with E-state index in [1.165, 1.54) is 0 Å². The SMILES string of the molecule is CCc1cc(OC(CN)C(C)C)ccc1Cl. The van der Waals surface area contributed by atoms with Gasteiger partial charge in [0.2, 0.25) is 0 Å². The zero-order valence-corrected chi connectivity index (χ0v) is 10.9. The summed E-state index contributed by atoms with van der Waals surface area (Å²) in [5, 5.41) is 0.795. The second-order valence-electron chi connectivity index (χ2n) is 4.24. The van der Waals surface area contributed by atoms with Crippen molar-refractivity contribution in [3.8, 4) is 5.75 Å². The first-order valence-electron chi connectivity index (χ1n) is 5.73. The van der Waals surface area contributed by atoms with E-state index >= 15 is 0 Å². The Bertz CT molecular complexity index is 339. The molecule has 0 aliphatic carbocycles. The maximum atomic E-state index is 6.05. The van der Waals surface area contributed by atoms with E-state index in [0.717, 1.165) is 22.8 Å². The lowest BCUT2D eigenvalue weighted by molar-refractivity contribution is 0.159. The standard InChI is InChI=1S/C13H20ClNO/c1-4-10-7-11(5-6-12(10)14)16-13(8-15)9(2)3/h5-7,9,13H,4,8,15H2,1-3H3. The van der Waals surface area contributed by atoms with Crippen molar-refractivity contribution < 1.29 is 4.74 Å². The predicted octanol–water partition coefficient (Wildman–Crippen LogP) is 3.26. The Morgan fingerprint density at radius 3 is 2.56 bits per heavy atom. The van der Waals surface area contributed by atoms with E-state index in [4.69, 9.17) is 22.1 Å². The van der Waals surface area contributed by atoms with Crippen LogP contribution in [-0.4, -0.2) is 12.6 Å². The largest absolute Gasteiger partial charge is 0.489 e. The number of hydrogen-bond acceptors (Lipinski definition) is 2. The third-order valence-electron chi connectivity index (χ3n) is 2.66. The van der Waals surface area contributed by atoms with E-state index in [1.54, 1.807) is 0 Å². The minimum atomic E-state index is 0.0610. The Morgan fingerprint density at radius 1 is 1.38 bits per heavy atom. The molecule has 0 heterocycles. The van der Waals surface area contributed by atoms with Crippen molar-refractivity contribution in [3.63, 3.8) is 0 Å². The predicted molar refractivity (Wildman–Crippen MR) is 69.1 cm³/mol. The molecule has 0 aliphatic rings. The molecule has 0 radical (unpaired) electrons. The van der Waals surface area contributed by atoms with Crippen molar-refractivity contribution in [2.75, 3.05) is 6.54 Å². The van der Waals surface area contributed by atoms with Crippen LogP contribution in [0.25, 0.3) is 0 Å². The van der Waals surface area contributed by atoms with Gasteiger partial charge < -0.3 is 10.5 Å². The van der Waals surface area contributed by atoms with E-state index < -0.39 is 0 Å². The third kappa shape index (κ3) is 3.39. The molecule has 0 amide bonds. The number of halogens is 1. The maximum absolute atomic E-state index is 6.05. The molecule has 1 unspecified atom stereocenters. The highest BCUT2D eigenvalue weighted by Gasteiger charge is 2.13. The molecule has 0 aromatic heterocycles. The molecule has 2 nitrogen and oxygen atoms in total. The van der Waals surface area contributed by atoms with Crippen LogP contribution in [0, 0.1) is 5.92 Å². The molecule has 1 rings (SSSR count). The summed E-state index contributed by atoms with van der Waals surface area (Å²) >= 11 is 6.05. The minimum absolute atomic E-state index is 0.0610. The molecule has 0 saturated carbocycles. The van der Waals surface area contributed by atoms with Gasteiger partial charge in [-0.15, -0.1) is 0 Å². The van der Waals surface area contributed by atoms with Crippen LogP contribution < -0.4 is 10.5 Å². The Balaban J connectivity index is 2.80. The summed E-state index contributed by atoms with van der Waals surface area (Å²) in [5.74, 6) is 1.26. The van der Waals surface area contributed by atoms with Crippen molar-refractivity contribution in [2.24, 2.45) is 11.7 Å². The van der Waals surface area contributed by atoms with Crippen molar-refractivity contribution >= 4 is 11.6 Å². The summed E-state index contributed by atoms with van der Waals surface area (Å²) in [7, 11) is 0. The maximum Gasteiger partial charge on any atom is 0.120 e. The van der Waals surface area contributed by atoms with E-state index in [9.17, 15) is 0 Å². The molecule has 0 bridgehead atoms. The van der Waals surface area contributed by atoms with E-state index in [2.05, 4.69) is 20.8 Å². The fourth-order valence-electron chi connectivity index (χ4n) is 1.53. The Morgan fingerprint density at radius 2 is 2.06 bits per heavy atom. The highest BCUT2D eigenvalue weighted by Crippen LogP contribution is 2.24. The van der Waals surface area contributed by atoms with Gasteiger partial charge in [0.05, 0.1) is 0 Å². The normalized spacial score (nSPS) is 12.9. The number of benzene rings is 1. The van der Waals surface area contributed by atoms with Gasteiger partial charge in [-0.05, 0) is 36.1 Å². The van der Waals surface area contributed by atoms with E-state index in [-0.39, 0.29) is 6.10 Å². The van der Waals surface area contributed by atoms with Gasteiger partial charge in [-0.25, -0.2) is 0 Å². The molecular weight excluding hydrogens is 222 g/mol. The molecule has 1 aromatic carbocycles.